The van der Waals surface area contributed by atoms with Crippen molar-refractivity contribution in [2.24, 2.45) is 0 Å². The highest BCUT2D eigenvalue weighted by Crippen LogP contribution is 2.31. The van der Waals surface area contributed by atoms with Crippen LogP contribution in [0, 0.1) is 0 Å². The van der Waals surface area contributed by atoms with Crippen LogP contribution in [0.25, 0.3) is 0 Å². The van der Waals surface area contributed by atoms with Crippen LogP contribution in [-0.2, 0) is 11.3 Å². The van der Waals surface area contributed by atoms with Crippen LogP contribution in [0.4, 0.5) is 5.82 Å². The molecule has 0 radical (unpaired) electrons. The van der Waals surface area contributed by atoms with E-state index >= 15 is 0 Å². The van der Waals surface area contributed by atoms with Crippen molar-refractivity contribution in [2.75, 3.05) is 19.5 Å². The fourth-order valence-corrected chi connectivity index (χ4v) is 2.65. The zero-order valence-corrected chi connectivity index (χ0v) is 14.2. The van der Waals surface area contributed by atoms with E-state index in [9.17, 15) is 0 Å². The van der Waals surface area contributed by atoms with Crippen LogP contribution in [0.1, 0.15) is 5.82 Å². The molecule has 0 fully saturated rings. The quantitative estimate of drug-likeness (QED) is 0.819. The molecule has 1 heterocycles. The molecule has 1 N–H and O–H groups in total. The number of nitrogens with zero attached hydrogens (tertiary/aromatic N) is 2. The maximum Gasteiger partial charge on any atom is 0.224 e. The van der Waals surface area contributed by atoms with Gasteiger partial charge in [0, 0.05) is 24.7 Å². The van der Waals surface area contributed by atoms with Crippen molar-refractivity contribution >= 4 is 37.7 Å². The molecule has 0 saturated carbocycles. The Balaban J connectivity index is 2.29. The molecular formula is C13H13Br2N3O2. The number of benzene rings is 1. The first-order chi connectivity index (χ1) is 9.62. The Labute approximate surface area is 134 Å². The van der Waals surface area contributed by atoms with Crippen molar-refractivity contribution in [2.45, 2.75) is 6.61 Å². The Bertz CT molecular complexity index is 608. The molecule has 0 aliphatic rings. The lowest BCUT2D eigenvalue weighted by Gasteiger charge is -2.10. The number of halogens is 2. The predicted octanol–water partition coefficient (Wildman–Crippen LogP) is 3.98. The van der Waals surface area contributed by atoms with Crippen molar-refractivity contribution in [3.05, 3.63) is 39.0 Å². The zero-order chi connectivity index (χ0) is 14.5. The molecule has 0 aliphatic carbocycles. The summed E-state index contributed by atoms with van der Waals surface area (Å²) in [6.45, 7) is 0.327. The van der Waals surface area contributed by atoms with Gasteiger partial charge in [-0.15, -0.1) is 0 Å². The largest absolute Gasteiger partial charge is 0.438 e. The molecular weight excluding hydrogens is 390 g/mol. The summed E-state index contributed by atoms with van der Waals surface area (Å²) in [5.74, 6) is 2.37. The average molecular weight is 403 g/mol. The van der Waals surface area contributed by atoms with E-state index in [1.807, 2.05) is 18.2 Å². The van der Waals surface area contributed by atoms with Crippen molar-refractivity contribution in [1.29, 1.82) is 0 Å². The van der Waals surface area contributed by atoms with Crippen LogP contribution < -0.4 is 10.1 Å². The lowest BCUT2D eigenvalue weighted by atomic mass is 10.3. The standard InChI is InChI=1S/C13H13Br2N3O2/c1-16-11-6-13(18-12(17-11)7-19-2)20-10-4-3-8(14)5-9(10)15/h3-6H,7H2,1-2H3,(H,16,17,18). The van der Waals surface area contributed by atoms with E-state index in [0.717, 1.165) is 8.95 Å². The average Bonchev–Trinajstić information content (AvgIpc) is 2.42. The minimum absolute atomic E-state index is 0.327. The molecule has 0 atom stereocenters. The minimum atomic E-state index is 0.327. The number of anilines is 1. The molecule has 20 heavy (non-hydrogen) atoms. The number of hydrogen-bond acceptors (Lipinski definition) is 5. The fourth-order valence-electron chi connectivity index (χ4n) is 1.52. The second-order valence-corrected chi connectivity index (χ2v) is 5.64. The van der Waals surface area contributed by atoms with Crippen LogP contribution in [0.5, 0.6) is 11.6 Å². The van der Waals surface area contributed by atoms with Gasteiger partial charge in [0.05, 0.1) is 4.47 Å². The summed E-state index contributed by atoms with van der Waals surface area (Å²) in [4.78, 5) is 8.57. The molecule has 0 saturated heterocycles. The van der Waals surface area contributed by atoms with Gasteiger partial charge in [-0.1, -0.05) is 15.9 Å². The van der Waals surface area contributed by atoms with E-state index in [4.69, 9.17) is 9.47 Å². The first kappa shape index (κ1) is 15.2. The SMILES string of the molecule is CNc1cc(Oc2ccc(Br)cc2Br)nc(COC)n1. The van der Waals surface area contributed by atoms with E-state index in [0.29, 0.717) is 29.9 Å². The van der Waals surface area contributed by atoms with Crippen molar-refractivity contribution < 1.29 is 9.47 Å². The summed E-state index contributed by atoms with van der Waals surface area (Å²) in [5.41, 5.74) is 0. The fraction of sp³-hybridized carbons (Fsp3) is 0.231. The van der Waals surface area contributed by atoms with Crippen LogP contribution in [0.3, 0.4) is 0 Å². The van der Waals surface area contributed by atoms with Crippen LogP contribution >= 0.6 is 31.9 Å². The maximum atomic E-state index is 5.78. The highest BCUT2D eigenvalue weighted by Gasteiger charge is 2.08. The Hall–Kier alpha value is -1.18. The number of rotatable bonds is 5. The summed E-state index contributed by atoms with van der Waals surface area (Å²) in [7, 11) is 3.39. The Morgan fingerprint density at radius 2 is 2.00 bits per heavy atom. The normalized spacial score (nSPS) is 10.4. The molecule has 5 nitrogen and oxygen atoms in total. The lowest BCUT2D eigenvalue weighted by Crippen LogP contribution is -2.03. The van der Waals surface area contributed by atoms with Gasteiger partial charge in [0.2, 0.25) is 5.88 Å². The number of aromatic nitrogens is 2. The van der Waals surface area contributed by atoms with Gasteiger partial charge in [-0.05, 0) is 34.1 Å². The first-order valence-electron chi connectivity index (χ1n) is 5.80. The van der Waals surface area contributed by atoms with Crippen LogP contribution in [-0.4, -0.2) is 24.1 Å². The topological polar surface area (TPSA) is 56.3 Å². The summed E-state index contributed by atoms with van der Waals surface area (Å²) in [6.07, 6.45) is 0. The Morgan fingerprint density at radius 1 is 1.20 bits per heavy atom. The lowest BCUT2D eigenvalue weighted by molar-refractivity contribution is 0.177. The highest BCUT2D eigenvalue weighted by atomic mass is 79.9. The van der Waals surface area contributed by atoms with Gasteiger partial charge in [0.1, 0.15) is 18.2 Å². The molecule has 2 aromatic rings. The molecule has 0 amide bonds. The molecule has 0 aliphatic heterocycles. The van der Waals surface area contributed by atoms with Crippen molar-refractivity contribution in [3.8, 4) is 11.6 Å². The Kier molecular flexibility index (Phi) is 5.33. The minimum Gasteiger partial charge on any atom is -0.438 e. The predicted molar refractivity (Wildman–Crippen MR) is 84.2 cm³/mol. The third-order valence-corrected chi connectivity index (χ3v) is 3.50. The van der Waals surface area contributed by atoms with Crippen LogP contribution in [0.2, 0.25) is 0 Å². The molecule has 1 aromatic heterocycles. The molecule has 106 valence electrons. The smallest absolute Gasteiger partial charge is 0.224 e. The number of nitrogens with one attached hydrogen (secondary N) is 1. The summed E-state index contributed by atoms with van der Waals surface area (Å²) >= 11 is 6.85. The van der Waals surface area contributed by atoms with Gasteiger partial charge < -0.3 is 14.8 Å². The van der Waals surface area contributed by atoms with Gasteiger partial charge in [-0.25, -0.2) is 4.98 Å². The number of hydrogen-bond donors (Lipinski definition) is 1. The van der Waals surface area contributed by atoms with E-state index in [-0.39, 0.29) is 0 Å². The van der Waals surface area contributed by atoms with Gasteiger partial charge in [0.25, 0.3) is 0 Å². The monoisotopic (exact) mass is 401 g/mol. The van der Waals surface area contributed by atoms with Gasteiger partial charge in [0.15, 0.2) is 5.82 Å². The van der Waals surface area contributed by atoms with Gasteiger partial charge >= 0.3 is 0 Å². The van der Waals surface area contributed by atoms with E-state index in [1.165, 1.54) is 0 Å². The maximum absolute atomic E-state index is 5.78. The number of ether oxygens (including phenoxy) is 2. The second kappa shape index (κ2) is 7.01. The Morgan fingerprint density at radius 3 is 2.65 bits per heavy atom. The molecule has 1 aromatic carbocycles. The first-order valence-corrected chi connectivity index (χ1v) is 7.38. The van der Waals surface area contributed by atoms with Crippen LogP contribution in [0.15, 0.2) is 33.2 Å². The summed E-state index contributed by atoms with van der Waals surface area (Å²) in [6, 6.07) is 7.39. The van der Waals surface area contributed by atoms with Crippen molar-refractivity contribution in [1.82, 2.24) is 9.97 Å². The molecule has 0 spiro atoms. The molecule has 0 unspecified atom stereocenters. The third-order valence-electron chi connectivity index (χ3n) is 2.39. The molecule has 7 heteroatoms. The van der Waals surface area contributed by atoms with Gasteiger partial charge in [-0.2, -0.15) is 4.98 Å². The number of methoxy groups -OCH3 is 1. The summed E-state index contributed by atoms with van der Waals surface area (Å²) in [5, 5.41) is 2.97. The van der Waals surface area contributed by atoms with E-state index in [2.05, 4.69) is 47.1 Å². The highest BCUT2D eigenvalue weighted by molar-refractivity contribution is 9.11. The molecule has 0 bridgehead atoms. The van der Waals surface area contributed by atoms with E-state index in [1.54, 1.807) is 20.2 Å². The van der Waals surface area contributed by atoms with Crippen molar-refractivity contribution in [3.63, 3.8) is 0 Å². The molecule has 2 rings (SSSR count). The summed E-state index contributed by atoms with van der Waals surface area (Å²) < 4.78 is 12.6. The second-order valence-electron chi connectivity index (χ2n) is 3.87. The van der Waals surface area contributed by atoms with Gasteiger partial charge in [-0.3, -0.25) is 0 Å². The zero-order valence-electron chi connectivity index (χ0n) is 11.0. The third kappa shape index (κ3) is 3.91. The van der Waals surface area contributed by atoms with E-state index < -0.39 is 0 Å².